The van der Waals surface area contributed by atoms with Gasteiger partial charge in [-0.15, -0.1) is 0 Å². The molecule has 0 saturated carbocycles. The fraction of sp³-hybridized carbons (Fsp3) is 0.700. The Bertz CT molecular complexity index is 649. The first-order valence-corrected chi connectivity index (χ1v) is 9.28. The van der Waals surface area contributed by atoms with E-state index in [-0.39, 0.29) is 18.3 Å². The van der Waals surface area contributed by atoms with E-state index in [2.05, 4.69) is 36.2 Å². The van der Waals surface area contributed by atoms with Crippen LogP contribution in [0, 0.1) is 0 Å². The number of nitrogens with zero attached hydrogens (tertiary/aromatic N) is 1. The molecule has 3 heterocycles. The summed E-state index contributed by atoms with van der Waals surface area (Å²) in [5.41, 5.74) is 1.25. The van der Waals surface area contributed by atoms with Crippen LogP contribution in [0.1, 0.15) is 33.3 Å². The lowest BCUT2D eigenvalue weighted by molar-refractivity contribution is -0.286. The van der Waals surface area contributed by atoms with Crippen molar-refractivity contribution in [3.8, 4) is 0 Å². The van der Waals surface area contributed by atoms with Gasteiger partial charge >= 0.3 is 0 Å². The van der Waals surface area contributed by atoms with Gasteiger partial charge < -0.3 is 23.7 Å². The Morgan fingerprint density at radius 1 is 1.00 bits per heavy atom. The molecule has 3 aliphatic heterocycles. The molecule has 0 N–H and O–H groups in total. The summed E-state index contributed by atoms with van der Waals surface area (Å²) in [6.45, 7) is 9.52. The minimum atomic E-state index is -0.863. The molecule has 0 unspecified atom stereocenters. The average molecular weight is 363 g/mol. The summed E-state index contributed by atoms with van der Waals surface area (Å²) >= 11 is 0. The molecule has 6 heteroatoms. The van der Waals surface area contributed by atoms with E-state index in [9.17, 15) is 0 Å². The highest BCUT2D eigenvalue weighted by Gasteiger charge is 2.65. The van der Waals surface area contributed by atoms with Gasteiger partial charge in [0.05, 0.1) is 13.2 Å². The number of fused-ring (bicyclic) bond motifs is 3. The number of rotatable bonds is 4. The molecule has 0 amide bonds. The largest absolute Gasteiger partial charge is 0.343 e. The minimum absolute atomic E-state index is 0.139. The van der Waals surface area contributed by atoms with Crippen LogP contribution in [0.2, 0.25) is 0 Å². The number of hydrogen-bond donors (Lipinski definition) is 0. The first kappa shape index (κ1) is 18.3. The van der Waals surface area contributed by atoms with E-state index < -0.39 is 17.4 Å². The third kappa shape index (κ3) is 3.42. The molecular formula is C20H29NO5. The van der Waals surface area contributed by atoms with Crippen LogP contribution in [0.25, 0.3) is 0 Å². The molecule has 0 spiro atoms. The van der Waals surface area contributed by atoms with Gasteiger partial charge in [0.1, 0.15) is 18.3 Å². The Hall–Kier alpha value is -1.02. The van der Waals surface area contributed by atoms with Crippen molar-refractivity contribution in [1.82, 2.24) is 4.90 Å². The van der Waals surface area contributed by atoms with Crippen LogP contribution in [-0.4, -0.2) is 60.8 Å². The van der Waals surface area contributed by atoms with Gasteiger partial charge in [-0.05, 0) is 40.3 Å². The van der Waals surface area contributed by atoms with E-state index >= 15 is 0 Å². The molecule has 0 aromatic heterocycles. The number of likely N-dealkylation sites (N-methyl/N-ethyl adjacent to an activating group) is 1. The van der Waals surface area contributed by atoms with E-state index in [0.717, 1.165) is 6.54 Å². The zero-order valence-corrected chi connectivity index (χ0v) is 16.2. The quantitative estimate of drug-likeness (QED) is 0.819. The highest BCUT2D eigenvalue weighted by Crippen LogP contribution is 2.47. The lowest BCUT2D eigenvalue weighted by Crippen LogP contribution is -2.62. The molecule has 4 rings (SSSR count). The van der Waals surface area contributed by atoms with Crippen LogP contribution in [-0.2, 0) is 30.2 Å². The maximum Gasteiger partial charge on any atom is 0.213 e. The van der Waals surface area contributed by atoms with E-state index in [0.29, 0.717) is 13.2 Å². The second kappa shape index (κ2) is 6.26. The fourth-order valence-corrected chi connectivity index (χ4v) is 4.29. The van der Waals surface area contributed by atoms with Crippen molar-refractivity contribution in [1.29, 1.82) is 0 Å². The van der Waals surface area contributed by atoms with Gasteiger partial charge in [-0.2, -0.15) is 0 Å². The van der Waals surface area contributed by atoms with Crippen molar-refractivity contribution in [2.45, 2.75) is 69.9 Å². The molecule has 0 bridgehead atoms. The summed E-state index contributed by atoms with van der Waals surface area (Å²) < 4.78 is 30.9. The predicted molar refractivity (Wildman–Crippen MR) is 95.3 cm³/mol. The topological polar surface area (TPSA) is 49.4 Å². The van der Waals surface area contributed by atoms with Gasteiger partial charge in [0.15, 0.2) is 11.6 Å². The Balaban J connectivity index is 1.54. The number of benzene rings is 1. The van der Waals surface area contributed by atoms with Gasteiger partial charge in [-0.1, -0.05) is 30.3 Å². The van der Waals surface area contributed by atoms with Gasteiger partial charge in [-0.3, -0.25) is 4.90 Å². The predicted octanol–water partition coefficient (Wildman–Crippen LogP) is 2.52. The Morgan fingerprint density at radius 2 is 1.73 bits per heavy atom. The van der Waals surface area contributed by atoms with Crippen molar-refractivity contribution in [2.24, 2.45) is 0 Å². The van der Waals surface area contributed by atoms with Crippen molar-refractivity contribution >= 4 is 0 Å². The average Bonchev–Trinajstić information content (AvgIpc) is 2.99. The van der Waals surface area contributed by atoms with Gasteiger partial charge in [0.25, 0.3) is 0 Å². The Labute approximate surface area is 155 Å². The molecule has 1 aromatic rings. The maximum atomic E-state index is 6.30. The van der Waals surface area contributed by atoms with E-state index in [1.54, 1.807) is 0 Å². The summed E-state index contributed by atoms with van der Waals surface area (Å²) in [5, 5.41) is 0. The highest BCUT2D eigenvalue weighted by atomic mass is 16.9. The molecule has 26 heavy (non-hydrogen) atoms. The highest BCUT2D eigenvalue weighted by molar-refractivity contribution is 5.14. The Morgan fingerprint density at radius 3 is 2.46 bits per heavy atom. The van der Waals surface area contributed by atoms with Crippen LogP contribution in [0.5, 0.6) is 0 Å². The first-order chi connectivity index (χ1) is 12.2. The van der Waals surface area contributed by atoms with Crippen molar-refractivity contribution in [3.05, 3.63) is 35.9 Å². The van der Waals surface area contributed by atoms with Crippen LogP contribution >= 0.6 is 0 Å². The number of ether oxygens (including phenoxy) is 5. The van der Waals surface area contributed by atoms with Crippen molar-refractivity contribution in [3.63, 3.8) is 0 Å². The molecule has 0 aliphatic carbocycles. The van der Waals surface area contributed by atoms with Gasteiger partial charge in [0.2, 0.25) is 5.79 Å². The van der Waals surface area contributed by atoms with Crippen LogP contribution in [0.15, 0.2) is 30.3 Å². The zero-order chi connectivity index (χ0) is 18.6. The molecule has 4 atom stereocenters. The third-order valence-electron chi connectivity index (χ3n) is 5.06. The third-order valence-corrected chi connectivity index (χ3v) is 5.06. The summed E-state index contributed by atoms with van der Waals surface area (Å²) in [5.74, 6) is -2.23. The molecule has 6 nitrogen and oxygen atoms in total. The lowest BCUT2D eigenvalue weighted by Gasteiger charge is -2.42. The monoisotopic (exact) mass is 363 g/mol. The Kier molecular flexibility index (Phi) is 4.42. The van der Waals surface area contributed by atoms with Crippen LogP contribution in [0.3, 0.4) is 0 Å². The molecule has 3 saturated heterocycles. The molecule has 0 radical (unpaired) electrons. The lowest BCUT2D eigenvalue weighted by atomic mass is 9.96. The van der Waals surface area contributed by atoms with Crippen LogP contribution in [0.4, 0.5) is 0 Å². The molecule has 1 aromatic carbocycles. The normalized spacial score (nSPS) is 37.5. The smallest absolute Gasteiger partial charge is 0.213 e. The van der Waals surface area contributed by atoms with Gasteiger partial charge in [-0.25, -0.2) is 0 Å². The maximum absolute atomic E-state index is 6.30. The summed E-state index contributed by atoms with van der Waals surface area (Å²) in [7, 11) is 2.07. The fourth-order valence-electron chi connectivity index (χ4n) is 4.29. The molecule has 144 valence electrons. The molecule has 3 fully saturated rings. The second-order valence-corrected chi connectivity index (χ2v) is 8.46. The van der Waals surface area contributed by atoms with E-state index in [4.69, 9.17) is 23.7 Å². The van der Waals surface area contributed by atoms with E-state index in [1.165, 1.54) is 5.56 Å². The minimum Gasteiger partial charge on any atom is -0.343 e. The van der Waals surface area contributed by atoms with E-state index in [1.807, 2.05) is 33.8 Å². The summed E-state index contributed by atoms with van der Waals surface area (Å²) in [6, 6.07) is 10.4. The first-order valence-electron chi connectivity index (χ1n) is 9.28. The standard InChI is InChI=1S/C20H29NO5/c1-18(2)23-15-12-22-20(13-21(5)11-14-9-7-6-8-10-14)17(16(15)24-18)25-19(3,4)26-20/h6-10,15-17H,11-13H2,1-5H3/t15-,16-,17+,20+/m1/s1. The summed E-state index contributed by atoms with van der Waals surface area (Å²) in [4.78, 5) is 2.20. The van der Waals surface area contributed by atoms with Crippen molar-refractivity contribution < 1.29 is 23.7 Å². The zero-order valence-electron chi connectivity index (χ0n) is 16.2. The molecule has 3 aliphatic rings. The van der Waals surface area contributed by atoms with Crippen molar-refractivity contribution in [2.75, 3.05) is 20.2 Å². The van der Waals surface area contributed by atoms with Gasteiger partial charge in [0, 0.05) is 6.54 Å². The SMILES string of the molecule is CN(Cc1ccccc1)C[C@@]12OC[C@H]3OC(C)(C)O[C@H]3[C@@H]1OC(C)(C)O2. The summed E-state index contributed by atoms with van der Waals surface area (Å²) in [6.07, 6.45) is -0.679. The molecular weight excluding hydrogens is 334 g/mol. The second-order valence-electron chi connectivity index (χ2n) is 8.46. The van der Waals surface area contributed by atoms with Crippen LogP contribution < -0.4 is 0 Å². The number of hydrogen-bond acceptors (Lipinski definition) is 6.